The minimum absolute atomic E-state index is 0.531. The molecule has 3 nitrogen and oxygen atoms in total. The first-order chi connectivity index (χ1) is 10.7. The standard InChI is InChI=1S/C17H14FN3S/c1-10-8-14-13(6-7-22-14)17-20-15(16(19)21(10)17)12-5-3-2-4-11(12)9-18/h2-8H,9,19H2,1H3. The highest BCUT2D eigenvalue weighted by Crippen LogP contribution is 2.34. The molecular weight excluding hydrogens is 297 g/mol. The lowest BCUT2D eigenvalue weighted by atomic mass is 10.1. The molecule has 0 saturated carbocycles. The zero-order valence-electron chi connectivity index (χ0n) is 12.0. The highest BCUT2D eigenvalue weighted by Gasteiger charge is 2.17. The Morgan fingerprint density at radius 2 is 2.09 bits per heavy atom. The van der Waals surface area contributed by atoms with E-state index in [1.807, 2.05) is 41.0 Å². The summed E-state index contributed by atoms with van der Waals surface area (Å²) >= 11 is 1.68. The summed E-state index contributed by atoms with van der Waals surface area (Å²) in [6, 6.07) is 11.5. The molecule has 0 aliphatic rings. The SMILES string of the molecule is Cc1cc2sccc2c2nc(-c3ccccc3CF)c(N)n12. The molecule has 3 aromatic heterocycles. The molecule has 0 atom stereocenters. The van der Waals surface area contributed by atoms with Crippen LogP contribution in [0.15, 0.2) is 41.8 Å². The van der Waals surface area contributed by atoms with Gasteiger partial charge in [0.05, 0.1) is 0 Å². The number of anilines is 1. The Hall–Kier alpha value is -2.40. The Morgan fingerprint density at radius 1 is 1.27 bits per heavy atom. The van der Waals surface area contributed by atoms with Gasteiger partial charge in [-0.25, -0.2) is 9.37 Å². The predicted molar refractivity (Wildman–Crippen MR) is 90.0 cm³/mol. The Balaban J connectivity index is 2.11. The quantitative estimate of drug-likeness (QED) is 0.589. The molecule has 0 radical (unpaired) electrons. The van der Waals surface area contributed by atoms with E-state index in [0.717, 1.165) is 22.3 Å². The third-order valence-electron chi connectivity index (χ3n) is 3.96. The monoisotopic (exact) mass is 311 g/mol. The van der Waals surface area contributed by atoms with E-state index in [2.05, 4.69) is 6.07 Å². The number of rotatable bonds is 2. The number of pyridine rings is 1. The van der Waals surface area contributed by atoms with Gasteiger partial charge in [-0.05, 0) is 30.0 Å². The lowest BCUT2D eigenvalue weighted by molar-refractivity contribution is 0.486. The minimum atomic E-state index is -0.531. The zero-order valence-corrected chi connectivity index (χ0v) is 12.8. The first-order valence-corrected chi connectivity index (χ1v) is 7.87. The van der Waals surface area contributed by atoms with Crippen LogP contribution in [0.25, 0.3) is 27.0 Å². The molecule has 5 heteroatoms. The summed E-state index contributed by atoms with van der Waals surface area (Å²) in [7, 11) is 0. The van der Waals surface area contributed by atoms with Crippen LogP contribution in [0.5, 0.6) is 0 Å². The zero-order chi connectivity index (χ0) is 15.3. The molecule has 0 aliphatic carbocycles. The third-order valence-corrected chi connectivity index (χ3v) is 4.82. The lowest BCUT2D eigenvalue weighted by Crippen LogP contribution is -1.98. The summed E-state index contributed by atoms with van der Waals surface area (Å²) in [5.74, 6) is 0.557. The number of aryl methyl sites for hydroxylation is 1. The number of nitrogens with two attached hydrogens (primary N) is 1. The Labute approximate surface area is 130 Å². The van der Waals surface area contributed by atoms with Crippen molar-refractivity contribution in [3.63, 3.8) is 0 Å². The number of hydrogen-bond acceptors (Lipinski definition) is 3. The van der Waals surface area contributed by atoms with Gasteiger partial charge >= 0.3 is 0 Å². The van der Waals surface area contributed by atoms with Gasteiger partial charge < -0.3 is 5.73 Å². The summed E-state index contributed by atoms with van der Waals surface area (Å²) in [5, 5.41) is 3.12. The highest BCUT2D eigenvalue weighted by atomic mass is 32.1. The van der Waals surface area contributed by atoms with E-state index in [1.165, 1.54) is 4.70 Å². The normalized spacial score (nSPS) is 11.5. The summed E-state index contributed by atoms with van der Waals surface area (Å²) in [6.45, 7) is 1.48. The molecule has 22 heavy (non-hydrogen) atoms. The molecule has 4 aromatic rings. The van der Waals surface area contributed by atoms with Crippen LogP contribution in [0, 0.1) is 6.92 Å². The van der Waals surface area contributed by atoms with Gasteiger partial charge in [0.15, 0.2) is 0 Å². The van der Waals surface area contributed by atoms with Crippen molar-refractivity contribution in [3.8, 4) is 11.3 Å². The molecule has 0 amide bonds. The van der Waals surface area contributed by atoms with Crippen molar-refractivity contribution in [1.82, 2.24) is 9.38 Å². The third kappa shape index (κ3) is 1.75. The summed E-state index contributed by atoms with van der Waals surface area (Å²) in [6.07, 6.45) is 0. The molecule has 2 N–H and O–H groups in total. The molecule has 110 valence electrons. The molecule has 0 spiro atoms. The maximum absolute atomic E-state index is 13.3. The van der Waals surface area contributed by atoms with E-state index in [9.17, 15) is 4.39 Å². The van der Waals surface area contributed by atoms with Crippen LogP contribution in [-0.2, 0) is 6.67 Å². The molecular formula is C17H14FN3S. The molecule has 0 fully saturated rings. The van der Waals surface area contributed by atoms with E-state index in [4.69, 9.17) is 10.7 Å². The van der Waals surface area contributed by atoms with Crippen molar-refractivity contribution < 1.29 is 4.39 Å². The van der Waals surface area contributed by atoms with Crippen LogP contribution < -0.4 is 5.73 Å². The number of aromatic nitrogens is 2. The van der Waals surface area contributed by atoms with Crippen LogP contribution >= 0.6 is 11.3 Å². The van der Waals surface area contributed by atoms with E-state index in [-0.39, 0.29) is 0 Å². The number of hydrogen-bond donors (Lipinski definition) is 1. The number of nitrogens with zero attached hydrogens (tertiary/aromatic N) is 2. The number of alkyl halides is 1. The van der Waals surface area contributed by atoms with Crippen molar-refractivity contribution >= 4 is 32.9 Å². The molecule has 3 heterocycles. The number of halogens is 1. The van der Waals surface area contributed by atoms with Gasteiger partial charge in [-0.15, -0.1) is 11.3 Å². The Bertz CT molecular complexity index is 1000. The molecule has 0 unspecified atom stereocenters. The van der Waals surface area contributed by atoms with Crippen LogP contribution in [0.3, 0.4) is 0 Å². The minimum Gasteiger partial charge on any atom is -0.383 e. The number of fused-ring (bicyclic) bond motifs is 3. The number of thiophene rings is 1. The Kier molecular flexibility index (Phi) is 2.90. The van der Waals surface area contributed by atoms with Crippen LogP contribution in [-0.4, -0.2) is 9.38 Å². The Morgan fingerprint density at radius 3 is 2.91 bits per heavy atom. The van der Waals surface area contributed by atoms with E-state index in [0.29, 0.717) is 17.1 Å². The van der Waals surface area contributed by atoms with Gasteiger partial charge in [0.25, 0.3) is 0 Å². The second-order valence-electron chi connectivity index (χ2n) is 5.28. The molecule has 4 rings (SSSR count). The smallest absolute Gasteiger partial charge is 0.148 e. The average Bonchev–Trinajstić information content (AvgIpc) is 3.12. The average molecular weight is 311 g/mol. The largest absolute Gasteiger partial charge is 0.383 e. The van der Waals surface area contributed by atoms with Gasteiger partial charge in [0.2, 0.25) is 0 Å². The summed E-state index contributed by atoms with van der Waals surface area (Å²) in [5.41, 5.74) is 10.2. The van der Waals surface area contributed by atoms with Crippen molar-refractivity contribution in [2.24, 2.45) is 0 Å². The van der Waals surface area contributed by atoms with E-state index >= 15 is 0 Å². The maximum atomic E-state index is 13.3. The van der Waals surface area contributed by atoms with Gasteiger partial charge in [-0.2, -0.15) is 0 Å². The fraction of sp³-hybridized carbons (Fsp3) is 0.118. The lowest BCUT2D eigenvalue weighted by Gasteiger charge is -2.05. The number of imidazole rings is 1. The van der Waals surface area contributed by atoms with Crippen molar-refractivity contribution in [3.05, 3.63) is 53.0 Å². The van der Waals surface area contributed by atoms with Crippen LogP contribution in [0.1, 0.15) is 11.3 Å². The molecule has 1 aromatic carbocycles. The van der Waals surface area contributed by atoms with Gasteiger partial charge in [0, 0.05) is 21.3 Å². The van der Waals surface area contributed by atoms with Crippen molar-refractivity contribution in [2.45, 2.75) is 13.6 Å². The topological polar surface area (TPSA) is 43.3 Å². The number of nitrogen functional groups attached to an aromatic ring is 1. The van der Waals surface area contributed by atoms with E-state index < -0.39 is 6.67 Å². The molecule has 0 saturated heterocycles. The number of benzene rings is 1. The molecule has 0 aliphatic heterocycles. The second kappa shape index (κ2) is 4.81. The molecule has 0 bridgehead atoms. The van der Waals surface area contributed by atoms with Crippen LogP contribution in [0.2, 0.25) is 0 Å². The summed E-state index contributed by atoms with van der Waals surface area (Å²) < 4.78 is 16.4. The fourth-order valence-electron chi connectivity index (χ4n) is 2.91. The van der Waals surface area contributed by atoms with Crippen molar-refractivity contribution in [1.29, 1.82) is 0 Å². The van der Waals surface area contributed by atoms with E-state index in [1.54, 1.807) is 17.4 Å². The highest BCUT2D eigenvalue weighted by molar-refractivity contribution is 7.17. The predicted octanol–water partition coefficient (Wildman–Crippen LogP) is 4.58. The first-order valence-electron chi connectivity index (χ1n) is 6.99. The summed E-state index contributed by atoms with van der Waals surface area (Å²) in [4.78, 5) is 4.73. The second-order valence-corrected chi connectivity index (χ2v) is 6.23. The fourth-order valence-corrected chi connectivity index (χ4v) is 3.78. The van der Waals surface area contributed by atoms with Gasteiger partial charge in [-0.3, -0.25) is 4.40 Å². The van der Waals surface area contributed by atoms with Crippen molar-refractivity contribution in [2.75, 3.05) is 5.73 Å². The first kappa shape index (κ1) is 13.3. The van der Waals surface area contributed by atoms with Crippen LogP contribution in [0.4, 0.5) is 10.2 Å². The van der Waals surface area contributed by atoms with Gasteiger partial charge in [-0.1, -0.05) is 24.3 Å². The van der Waals surface area contributed by atoms with Gasteiger partial charge in [0.1, 0.15) is 23.8 Å². The maximum Gasteiger partial charge on any atom is 0.148 e.